The van der Waals surface area contributed by atoms with Crippen LogP contribution in [0.2, 0.25) is 0 Å². The number of rotatable bonds is 9. The zero-order valence-corrected chi connectivity index (χ0v) is 12.9. The quantitative estimate of drug-likeness (QED) is 0.453. The Morgan fingerprint density at radius 3 is 2.62 bits per heavy atom. The Balaban J connectivity index is 2.06. The minimum absolute atomic E-state index is 0.187. The molecule has 7 heteroatoms. The summed E-state index contributed by atoms with van der Waals surface area (Å²) in [5.74, 6) is -1.35. The van der Waals surface area contributed by atoms with Gasteiger partial charge in [0.15, 0.2) is 0 Å². The van der Waals surface area contributed by atoms with Gasteiger partial charge in [0.05, 0.1) is 5.92 Å². The van der Waals surface area contributed by atoms with Gasteiger partial charge in [-0.2, -0.15) is 0 Å². The summed E-state index contributed by atoms with van der Waals surface area (Å²) < 4.78 is 0. The first kappa shape index (κ1) is 17.7. The molecule has 1 aliphatic heterocycles. The first-order chi connectivity index (χ1) is 10.1. The fraction of sp³-hybridized carbons (Fsp3) is 0.857. The standard InChI is InChI=1S/C14H28N4O3/c1-2-4-12(13(19)20)11-17-14(21)16-5-3-8-18-9-6-15-7-10-18/h12,15H,2-11H2,1H3,(H,19,20)(H2,16,17,21). The molecule has 1 atom stereocenters. The highest BCUT2D eigenvalue weighted by Gasteiger charge is 2.17. The zero-order chi connectivity index (χ0) is 15.5. The topological polar surface area (TPSA) is 93.7 Å². The highest BCUT2D eigenvalue weighted by atomic mass is 16.4. The van der Waals surface area contributed by atoms with E-state index in [0.29, 0.717) is 13.0 Å². The van der Waals surface area contributed by atoms with Gasteiger partial charge in [-0.15, -0.1) is 0 Å². The van der Waals surface area contributed by atoms with Crippen molar-refractivity contribution in [2.75, 3.05) is 45.8 Å². The maximum absolute atomic E-state index is 11.6. The normalized spacial score (nSPS) is 17.2. The van der Waals surface area contributed by atoms with E-state index < -0.39 is 11.9 Å². The minimum Gasteiger partial charge on any atom is -0.481 e. The second-order valence-corrected chi connectivity index (χ2v) is 5.41. The van der Waals surface area contributed by atoms with Gasteiger partial charge in [0.2, 0.25) is 0 Å². The summed E-state index contributed by atoms with van der Waals surface area (Å²) in [4.78, 5) is 24.9. The number of carbonyl (C=O) groups is 2. The van der Waals surface area contributed by atoms with E-state index in [1.807, 2.05) is 6.92 Å². The molecule has 0 aliphatic carbocycles. The third kappa shape index (κ3) is 7.87. The number of urea groups is 1. The molecule has 0 radical (unpaired) electrons. The van der Waals surface area contributed by atoms with Crippen molar-refractivity contribution in [2.45, 2.75) is 26.2 Å². The van der Waals surface area contributed by atoms with E-state index in [0.717, 1.165) is 45.6 Å². The number of carboxylic acid groups (broad SMARTS) is 1. The molecule has 0 aromatic heterocycles. The number of piperazine rings is 1. The van der Waals surface area contributed by atoms with Gasteiger partial charge < -0.3 is 26.0 Å². The molecule has 122 valence electrons. The largest absolute Gasteiger partial charge is 0.481 e. The number of aliphatic carboxylic acids is 1. The molecular weight excluding hydrogens is 272 g/mol. The molecule has 4 N–H and O–H groups in total. The van der Waals surface area contributed by atoms with E-state index in [9.17, 15) is 9.59 Å². The Hall–Kier alpha value is -1.34. The molecule has 1 aliphatic rings. The maximum Gasteiger partial charge on any atom is 0.314 e. The minimum atomic E-state index is -0.851. The summed E-state index contributed by atoms with van der Waals surface area (Å²) >= 11 is 0. The molecule has 2 amide bonds. The summed E-state index contributed by atoms with van der Waals surface area (Å²) in [6.07, 6.45) is 2.29. The van der Waals surface area contributed by atoms with Crippen molar-refractivity contribution >= 4 is 12.0 Å². The van der Waals surface area contributed by atoms with Gasteiger partial charge in [0, 0.05) is 39.3 Å². The van der Waals surface area contributed by atoms with Crippen LogP contribution in [0.25, 0.3) is 0 Å². The molecule has 0 spiro atoms. The lowest BCUT2D eigenvalue weighted by molar-refractivity contribution is -0.141. The fourth-order valence-corrected chi connectivity index (χ4v) is 2.38. The summed E-state index contributed by atoms with van der Waals surface area (Å²) in [6.45, 7) is 7.90. The summed E-state index contributed by atoms with van der Waals surface area (Å²) in [5.41, 5.74) is 0. The molecule has 0 saturated carbocycles. The number of nitrogens with one attached hydrogen (secondary N) is 3. The lowest BCUT2D eigenvalue weighted by atomic mass is 10.0. The van der Waals surface area contributed by atoms with Crippen LogP contribution in [0.5, 0.6) is 0 Å². The van der Waals surface area contributed by atoms with Gasteiger partial charge in [-0.1, -0.05) is 13.3 Å². The van der Waals surface area contributed by atoms with Crippen LogP contribution in [0.1, 0.15) is 26.2 Å². The van der Waals surface area contributed by atoms with Gasteiger partial charge >= 0.3 is 12.0 Å². The number of hydrogen-bond donors (Lipinski definition) is 4. The molecular formula is C14H28N4O3. The second kappa shape index (κ2) is 10.4. The van der Waals surface area contributed by atoms with Crippen LogP contribution in [0.3, 0.4) is 0 Å². The lowest BCUT2D eigenvalue weighted by Crippen LogP contribution is -2.45. The van der Waals surface area contributed by atoms with Crippen LogP contribution in [0.4, 0.5) is 4.79 Å². The van der Waals surface area contributed by atoms with Crippen molar-refractivity contribution in [3.8, 4) is 0 Å². The van der Waals surface area contributed by atoms with Crippen molar-refractivity contribution < 1.29 is 14.7 Å². The Morgan fingerprint density at radius 2 is 2.00 bits per heavy atom. The molecule has 1 saturated heterocycles. The molecule has 21 heavy (non-hydrogen) atoms. The third-order valence-electron chi connectivity index (χ3n) is 3.64. The fourth-order valence-electron chi connectivity index (χ4n) is 2.38. The van der Waals surface area contributed by atoms with E-state index in [2.05, 4.69) is 20.9 Å². The van der Waals surface area contributed by atoms with Gasteiger partial charge in [-0.3, -0.25) is 4.79 Å². The molecule has 1 heterocycles. The summed E-state index contributed by atoms with van der Waals surface area (Å²) in [6, 6.07) is -0.280. The van der Waals surface area contributed by atoms with Gasteiger partial charge in [0.1, 0.15) is 0 Å². The lowest BCUT2D eigenvalue weighted by Gasteiger charge is -2.27. The molecule has 0 bridgehead atoms. The van der Waals surface area contributed by atoms with E-state index in [1.165, 1.54) is 0 Å². The van der Waals surface area contributed by atoms with Crippen molar-refractivity contribution in [3.05, 3.63) is 0 Å². The van der Waals surface area contributed by atoms with Crippen LogP contribution in [-0.2, 0) is 4.79 Å². The average Bonchev–Trinajstić information content (AvgIpc) is 2.48. The van der Waals surface area contributed by atoms with Gasteiger partial charge in [-0.05, 0) is 19.4 Å². The number of carboxylic acids is 1. The van der Waals surface area contributed by atoms with E-state index in [-0.39, 0.29) is 12.6 Å². The predicted molar refractivity (Wildman–Crippen MR) is 81.4 cm³/mol. The first-order valence-electron chi connectivity index (χ1n) is 7.81. The van der Waals surface area contributed by atoms with Crippen LogP contribution in [0, 0.1) is 5.92 Å². The first-order valence-corrected chi connectivity index (χ1v) is 7.81. The predicted octanol–water partition coefficient (Wildman–Crippen LogP) is 0.0818. The van der Waals surface area contributed by atoms with Crippen molar-refractivity contribution in [1.82, 2.24) is 20.9 Å². The van der Waals surface area contributed by atoms with Crippen molar-refractivity contribution in [3.63, 3.8) is 0 Å². The van der Waals surface area contributed by atoms with Gasteiger partial charge in [-0.25, -0.2) is 4.79 Å². The van der Waals surface area contributed by atoms with E-state index in [1.54, 1.807) is 0 Å². The summed E-state index contributed by atoms with van der Waals surface area (Å²) in [7, 11) is 0. The Kier molecular flexibility index (Phi) is 8.77. The molecule has 1 rings (SSSR count). The Labute approximate surface area is 126 Å². The number of amides is 2. The van der Waals surface area contributed by atoms with Crippen LogP contribution >= 0.6 is 0 Å². The molecule has 1 unspecified atom stereocenters. The molecule has 0 aromatic rings. The third-order valence-corrected chi connectivity index (χ3v) is 3.64. The number of nitrogens with zero attached hydrogens (tertiary/aromatic N) is 1. The van der Waals surface area contributed by atoms with E-state index >= 15 is 0 Å². The molecule has 7 nitrogen and oxygen atoms in total. The molecule has 0 aromatic carbocycles. The van der Waals surface area contributed by atoms with Crippen molar-refractivity contribution in [1.29, 1.82) is 0 Å². The van der Waals surface area contributed by atoms with Gasteiger partial charge in [0.25, 0.3) is 0 Å². The Morgan fingerprint density at radius 1 is 1.29 bits per heavy atom. The summed E-state index contributed by atoms with van der Waals surface area (Å²) in [5, 5.41) is 17.7. The van der Waals surface area contributed by atoms with Crippen LogP contribution in [0.15, 0.2) is 0 Å². The second-order valence-electron chi connectivity index (χ2n) is 5.41. The highest BCUT2D eigenvalue weighted by molar-refractivity contribution is 5.75. The van der Waals surface area contributed by atoms with Crippen molar-refractivity contribution in [2.24, 2.45) is 5.92 Å². The zero-order valence-electron chi connectivity index (χ0n) is 12.9. The smallest absolute Gasteiger partial charge is 0.314 e. The number of hydrogen-bond acceptors (Lipinski definition) is 4. The monoisotopic (exact) mass is 300 g/mol. The maximum atomic E-state index is 11.6. The SMILES string of the molecule is CCCC(CNC(=O)NCCCN1CCNCC1)C(=O)O. The molecule has 1 fully saturated rings. The number of carbonyl (C=O) groups excluding carboxylic acids is 1. The van der Waals surface area contributed by atoms with Crippen LogP contribution in [-0.4, -0.2) is 67.8 Å². The average molecular weight is 300 g/mol. The highest BCUT2D eigenvalue weighted by Crippen LogP contribution is 2.04. The van der Waals surface area contributed by atoms with Crippen LogP contribution < -0.4 is 16.0 Å². The van der Waals surface area contributed by atoms with E-state index in [4.69, 9.17) is 5.11 Å². The Bertz CT molecular complexity index is 319.